The fraction of sp³-hybridized carbons (Fsp3) is 0.368. The summed E-state index contributed by atoms with van der Waals surface area (Å²) in [6.45, 7) is 4.20. The van der Waals surface area contributed by atoms with E-state index >= 15 is 0 Å². The number of nitrogens with zero attached hydrogens (tertiary/aromatic N) is 6. The molecule has 3 aromatic heterocycles. The highest BCUT2D eigenvalue weighted by Gasteiger charge is 2.37. The number of fused-ring (bicyclic) bond motifs is 1. The van der Waals surface area contributed by atoms with Gasteiger partial charge in [0.25, 0.3) is 5.91 Å². The van der Waals surface area contributed by atoms with Crippen molar-refractivity contribution in [3.63, 3.8) is 0 Å². The number of likely N-dealkylation sites (tertiary alicyclic amines) is 1. The van der Waals surface area contributed by atoms with Gasteiger partial charge in [-0.15, -0.1) is 11.3 Å². The molecule has 0 spiro atoms. The van der Waals surface area contributed by atoms with E-state index in [-0.39, 0.29) is 29.6 Å². The number of anilines is 1. The lowest BCUT2D eigenvalue weighted by molar-refractivity contribution is 0.0344. The Labute approximate surface area is 180 Å². The monoisotopic (exact) mass is 445 g/mol. The number of rotatable bonds is 5. The number of carbonyl (C=O) groups is 2. The van der Waals surface area contributed by atoms with Crippen LogP contribution in [0.4, 0.5) is 15.1 Å². The Bertz CT molecular complexity index is 1160. The van der Waals surface area contributed by atoms with E-state index in [1.807, 2.05) is 6.92 Å². The van der Waals surface area contributed by atoms with Gasteiger partial charge in [0.1, 0.15) is 10.5 Å². The molecule has 0 aliphatic carbocycles. The highest BCUT2D eigenvalue weighted by molar-refractivity contribution is 7.18. The van der Waals surface area contributed by atoms with E-state index in [0.717, 1.165) is 11.2 Å². The Morgan fingerprint density at radius 1 is 1.32 bits per heavy atom. The van der Waals surface area contributed by atoms with Gasteiger partial charge in [0, 0.05) is 26.3 Å². The zero-order valence-electron chi connectivity index (χ0n) is 17.0. The molecule has 1 saturated heterocycles. The maximum absolute atomic E-state index is 13.5. The minimum absolute atomic E-state index is 0.192. The molecular formula is C19H20FN7O3S. The summed E-state index contributed by atoms with van der Waals surface area (Å²) in [7, 11) is 1.48. The normalized spacial score (nSPS) is 14.9. The maximum Gasteiger partial charge on any atom is 0.407 e. The van der Waals surface area contributed by atoms with E-state index < -0.39 is 11.9 Å². The number of likely N-dealkylation sites (N-methyl/N-ethyl adjacent to an activating group) is 1. The van der Waals surface area contributed by atoms with Gasteiger partial charge in [-0.3, -0.25) is 9.78 Å². The molecule has 1 aliphatic rings. The number of thiazole rings is 1. The van der Waals surface area contributed by atoms with Crippen molar-refractivity contribution in [1.82, 2.24) is 29.7 Å². The number of amides is 2. The third-order valence-corrected chi connectivity index (χ3v) is 6.10. The van der Waals surface area contributed by atoms with Gasteiger partial charge < -0.3 is 20.2 Å². The number of aromatic nitrogens is 4. The molecule has 3 aromatic rings. The lowest BCUT2D eigenvalue weighted by Crippen LogP contribution is -2.61. The Balaban J connectivity index is 1.60. The Morgan fingerprint density at radius 2 is 2.06 bits per heavy atom. The van der Waals surface area contributed by atoms with Crippen LogP contribution in [-0.2, 0) is 0 Å². The Hall–Kier alpha value is -3.41. The summed E-state index contributed by atoms with van der Waals surface area (Å²) in [4.78, 5) is 44.0. The molecule has 0 radical (unpaired) electrons. The molecule has 1 aliphatic heterocycles. The lowest BCUT2D eigenvalue weighted by Gasteiger charge is -2.42. The molecule has 2 amide bonds. The first-order valence-corrected chi connectivity index (χ1v) is 10.3. The highest BCUT2D eigenvalue weighted by Crippen LogP contribution is 2.28. The summed E-state index contributed by atoms with van der Waals surface area (Å²) in [5, 5.41) is 12.9. The largest absolute Gasteiger partial charge is 0.465 e. The van der Waals surface area contributed by atoms with Crippen molar-refractivity contribution in [2.24, 2.45) is 0 Å². The van der Waals surface area contributed by atoms with Crippen LogP contribution in [0, 0.1) is 12.7 Å². The van der Waals surface area contributed by atoms with Crippen LogP contribution in [0.3, 0.4) is 0 Å². The summed E-state index contributed by atoms with van der Waals surface area (Å²) in [6.07, 6.45) is 1.62. The fourth-order valence-electron chi connectivity index (χ4n) is 3.25. The molecule has 1 atom stereocenters. The first-order chi connectivity index (χ1) is 14.7. The van der Waals surface area contributed by atoms with Gasteiger partial charge >= 0.3 is 6.09 Å². The van der Waals surface area contributed by atoms with Crippen molar-refractivity contribution in [2.75, 3.05) is 25.5 Å². The number of carbonyl (C=O) groups excluding carboxylic acids is 1. The molecule has 162 valence electrons. The van der Waals surface area contributed by atoms with Crippen LogP contribution in [-0.4, -0.2) is 73.0 Å². The SMILES string of the molecule is Cc1nc2nc(NC(C)c3cncc(F)c3)nc(C(=O)N3CC(N(C)C(=O)O)C3)c2s1. The molecule has 0 bridgehead atoms. The predicted molar refractivity (Wildman–Crippen MR) is 112 cm³/mol. The highest BCUT2D eigenvalue weighted by atomic mass is 32.1. The van der Waals surface area contributed by atoms with E-state index in [1.165, 1.54) is 35.5 Å². The van der Waals surface area contributed by atoms with Crippen molar-refractivity contribution in [1.29, 1.82) is 0 Å². The zero-order chi connectivity index (χ0) is 22.3. The van der Waals surface area contributed by atoms with Crippen LogP contribution in [0.15, 0.2) is 18.5 Å². The predicted octanol–water partition coefficient (Wildman–Crippen LogP) is 2.54. The van der Waals surface area contributed by atoms with Crippen molar-refractivity contribution < 1.29 is 19.1 Å². The number of hydrogen-bond donors (Lipinski definition) is 2. The molecule has 12 heteroatoms. The van der Waals surface area contributed by atoms with E-state index in [9.17, 15) is 14.0 Å². The molecule has 1 unspecified atom stereocenters. The molecule has 2 N–H and O–H groups in total. The van der Waals surface area contributed by atoms with Crippen LogP contribution >= 0.6 is 11.3 Å². The zero-order valence-corrected chi connectivity index (χ0v) is 17.9. The molecule has 31 heavy (non-hydrogen) atoms. The smallest absolute Gasteiger partial charge is 0.407 e. The second-order valence-corrected chi connectivity index (χ2v) is 8.54. The second kappa shape index (κ2) is 8.02. The van der Waals surface area contributed by atoms with Crippen LogP contribution in [0.5, 0.6) is 0 Å². The minimum Gasteiger partial charge on any atom is -0.465 e. The van der Waals surface area contributed by atoms with E-state index in [1.54, 1.807) is 11.8 Å². The van der Waals surface area contributed by atoms with Gasteiger partial charge in [-0.2, -0.15) is 4.98 Å². The molecule has 0 aromatic carbocycles. The number of halogens is 1. The van der Waals surface area contributed by atoms with E-state index in [4.69, 9.17) is 5.11 Å². The van der Waals surface area contributed by atoms with E-state index in [2.05, 4.69) is 25.3 Å². The molecule has 4 rings (SSSR count). The average Bonchev–Trinajstić information content (AvgIpc) is 3.05. The molecule has 10 nitrogen and oxygen atoms in total. The van der Waals surface area contributed by atoms with Crippen LogP contribution < -0.4 is 5.32 Å². The first kappa shape index (κ1) is 20.8. The van der Waals surface area contributed by atoms with Gasteiger partial charge in [-0.25, -0.2) is 19.2 Å². The molecule has 0 saturated carbocycles. The molecule has 4 heterocycles. The van der Waals surface area contributed by atoms with Crippen molar-refractivity contribution >= 4 is 39.6 Å². The third-order valence-electron chi connectivity index (χ3n) is 5.13. The third kappa shape index (κ3) is 4.10. The van der Waals surface area contributed by atoms with Crippen LogP contribution in [0.2, 0.25) is 0 Å². The second-order valence-electron chi connectivity index (χ2n) is 7.34. The van der Waals surface area contributed by atoms with Crippen LogP contribution in [0.25, 0.3) is 10.3 Å². The quantitative estimate of drug-likeness (QED) is 0.614. The van der Waals surface area contributed by atoms with Gasteiger partial charge in [0.2, 0.25) is 5.95 Å². The standard InChI is InChI=1S/C19H20FN7O3S/c1-9(11-4-12(20)6-21-5-11)22-18-24-14(15-16(25-18)23-10(2)31-15)17(28)27-7-13(8-27)26(3)19(29)30/h4-6,9,13H,7-8H2,1-3H3,(H,29,30)(H,22,24,25). The summed E-state index contributed by atoms with van der Waals surface area (Å²) in [6, 6.07) is 0.752. The molecular weight excluding hydrogens is 425 g/mol. The first-order valence-electron chi connectivity index (χ1n) is 9.50. The van der Waals surface area contributed by atoms with Crippen LogP contribution in [0.1, 0.15) is 34.0 Å². The number of hydrogen-bond acceptors (Lipinski definition) is 8. The summed E-state index contributed by atoms with van der Waals surface area (Å²) in [5.74, 6) is -0.570. The Kier molecular flexibility index (Phi) is 5.39. The summed E-state index contributed by atoms with van der Waals surface area (Å²) < 4.78 is 14.1. The van der Waals surface area contributed by atoms with Gasteiger partial charge in [0.05, 0.1) is 23.3 Å². The Morgan fingerprint density at radius 3 is 2.74 bits per heavy atom. The number of pyridine rings is 1. The lowest BCUT2D eigenvalue weighted by atomic mass is 10.1. The van der Waals surface area contributed by atoms with Gasteiger partial charge in [-0.1, -0.05) is 0 Å². The van der Waals surface area contributed by atoms with Gasteiger partial charge in [-0.05, 0) is 25.5 Å². The van der Waals surface area contributed by atoms with Crippen molar-refractivity contribution in [3.05, 3.63) is 40.5 Å². The maximum atomic E-state index is 13.5. The summed E-state index contributed by atoms with van der Waals surface area (Å²) >= 11 is 1.32. The molecule has 1 fully saturated rings. The topological polar surface area (TPSA) is 124 Å². The van der Waals surface area contributed by atoms with E-state index in [0.29, 0.717) is 29.0 Å². The fourth-order valence-corrected chi connectivity index (χ4v) is 4.09. The minimum atomic E-state index is -1.04. The number of aryl methyl sites for hydroxylation is 1. The average molecular weight is 445 g/mol. The summed E-state index contributed by atoms with van der Waals surface area (Å²) in [5.41, 5.74) is 1.21. The van der Waals surface area contributed by atoms with Gasteiger partial charge in [0.15, 0.2) is 11.3 Å². The number of carboxylic acid groups (broad SMARTS) is 1. The van der Waals surface area contributed by atoms with Crippen molar-refractivity contribution in [2.45, 2.75) is 25.9 Å². The van der Waals surface area contributed by atoms with Crippen molar-refractivity contribution in [3.8, 4) is 0 Å². The number of nitrogens with one attached hydrogen (secondary N) is 1.